The monoisotopic (exact) mass is 626 g/mol. The van der Waals surface area contributed by atoms with E-state index in [1.807, 2.05) is 115 Å². The van der Waals surface area contributed by atoms with Crippen LogP contribution in [0.15, 0.2) is 152 Å². The summed E-state index contributed by atoms with van der Waals surface area (Å²) in [4.78, 5) is 14.4. The topological polar surface area (TPSA) is 54.0 Å². The molecule has 240 valence electrons. The van der Waals surface area contributed by atoms with Crippen molar-refractivity contribution in [3.63, 3.8) is 0 Å². The SMILES string of the molecule is O=C(c1ccccc1)[C@@H]1C[C@H](COCc2ccccc2)[C@H](OCc2ccccc2)[C@H](OCc2ccccc2)[C@H]1OCc1ccccc1. The lowest BCUT2D eigenvalue weighted by atomic mass is 9.72. The molecule has 5 nitrogen and oxygen atoms in total. The van der Waals surface area contributed by atoms with Crippen molar-refractivity contribution in [2.45, 2.75) is 51.2 Å². The molecule has 0 radical (unpaired) electrons. The van der Waals surface area contributed by atoms with Gasteiger partial charge < -0.3 is 18.9 Å². The van der Waals surface area contributed by atoms with Crippen LogP contribution < -0.4 is 0 Å². The standard InChI is InChI=1S/C42H42O5/c43-39(36-24-14-5-15-25-36)38-26-37(31-44-27-32-16-6-1-7-17-32)40(45-28-33-18-8-2-9-19-33)42(47-30-35-22-12-4-13-23-35)41(38)46-29-34-20-10-3-11-21-34/h1-25,37-38,40-42H,26-31H2/t37-,38+,40+,41+,42+/m1/s1. The minimum atomic E-state index is -0.544. The summed E-state index contributed by atoms with van der Waals surface area (Å²) in [5.41, 5.74) is 4.92. The first-order chi connectivity index (χ1) is 23.2. The Balaban J connectivity index is 1.34. The molecule has 0 aromatic heterocycles. The maximum Gasteiger partial charge on any atom is 0.168 e. The Labute approximate surface area is 278 Å². The molecular formula is C42H42O5. The Bertz CT molecular complexity index is 1610. The van der Waals surface area contributed by atoms with Crippen LogP contribution in [0.2, 0.25) is 0 Å². The van der Waals surface area contributed by atoms with Gasteiger partial charge in [0.25, 0.3) is 0 Å². The molecule has 0 amide bonds. The predicted octanol–water partition coefficient (Wildman–Crippen LogP) is 8.48. The highest BCUT2D eigenvalue weighted by Crippen LogP contribution is 2.39. The Hall–Kier alpha value is -4.39. The number of ketones is 1. The summed E-state index contributed by atoms with van der Waals surface area (Å²) < 4.78 is 26.8. The van der Waals surface area contributed by atoms with Crippen LogP contribution >= 0.6 is 0 Å². The maximum atomic E-state index is 14.4. The normalized spacial score (nSPS) is 20.9. The summed E-state index contributed by atoms with van der Waals surface area (Å²) >= 11 is 0. The molecule has 0 spiro atoms. The zero-order chi connectivity index (χ0) is 32.1. The van der Waals surface area contributed by atoms with Gasteiger partial charge in [0.05, 0.1) is 51.2 Å². The molecule has 1 aliphatic carbocycles. The van der Waals surface area contributed by atoms with E-state index in [2.05, 4.69) is 36.4 Å². The highest BCUT2D eigenvalue weighted by atomic mass is 16.6. The molecule has 0 N–H and O–H groups in total. The van der Waals surface area contributed by atoms with Crippen LogP contribution in [0.25, 0.3) is 0 Å². The molecule has 1 saturated carbocycles. The van der Waals surface area contributed by atoms with Crippen LogP contribution in [-0.2, 0) is 45.4 Å². The van der Waals surface area contributed by atoms with Crippen molar-refractivity contribution in [2.75, 3.05) is 6.61 Å². The van der Waals surface area contributed by atoms with Gasteiger partial charge in [0.15, 0.2) is 5.78 Å². The van der Waals surface area contributed by atoms with E-state index in [9.17, 15) is 4.79 Å². The minimum Gasteiger partial charge on any atom is -0.376 e. The summed E-state index contributed by atoms with van der Waals surface area (Å²) in [5.74, 6) is -0.521. The first kappa shape index (κ1) is 32.5. The molecular weight excluding hydrogens is 584 g/mol. The lowest BCUT2D eigenvalue weighted by molar-refractivity contribution is -0.205. The number of carbonyl (C=O) groups excluding carboxylic acids is 1. The van der Waals surface area contributed by atoms with Gasteiger partial charge in [-0.15, -0.1) is 0 Å². The van der Waals surface area contributed by atoms with Crippen LogP contribution in [0, 0.1) is 11.8 Å². The van der Waals surface area contributed by atoms with E-state index in [-0.39, 0.29) is 17.8 Å². The number of Topliss-reactive ketones (excluding diaryl/α,β-unsaturated/α-hetero) is 1. The smallest absolute Gasteiger partial charge is 0.168 e. The van der Waals surface area contributed by atoms with E-state index in [0.717, 1.165) is 22.3 Å². The van der Waals surface area contributed by atoms with Gasteiger partial charge in [-0.3, -0.25) is 4.79 Å². The van der Waals surface area contributed by atoms with Crippen LogP contribution in [-0.4, -0.2) is 30.7 Å². The highest BCUT2D eigenvalue weighted by molar-refractivity contribution is 5.98. The van der Waals surface area contributed by atoms with Gasteiger partial charge in [0.1, 0.15) is 6.10 Å². The van der Waals surface area contributed by atoms with Gasteiger partial charge in [-0.05, 0) is 28.7 Å². The van der Waals surface area contributed by atoms with Crippen molar-refractivity contribution in [2.24, 2.45) is 11.8 Å². The zero-order valence-corrected chi connectivity index (χ0v) is 26.6. The fraction of sp³-hybridized carbons (Fsp3) is 0.262. The molecule has 1 fully saturated rings. The minimum absolute atomic E-state index is 0.0477. The van der Waals surface area contributed by atoms with Crippen molar-refractivity contribution < 1.29 is 23.7 Å². The average Bonchev–Trinajstić information content (AvgIpc) is 3.14. The third kappa shape index (κ3) is 9.12. The number of carbonyl (C=O) groups is 1. The average molecular weight is 627 g/mol. The van der Waals surface area contributed by atoms with E-state index in [1.165, 1.54) is 0 Å². The lowest BCUT2D eigenvalue weighted by Gasteiger charge is -2.46. The number of benzene rings is 5. The highest BCUT2D eigenvalue weighted by Gasteiger charge is 2.49. The lowest BCUT2D eigenvalue weighted by Crippen LogP contribution is -2.57. The van der Waals surface area contributed by atoms with Crippen molar-refractivity contribution in [1.29, 1.82) is 0 Å². The Morgan fingerprint density at radius 2 is 0.851 bits per heavy atom. The molecule has 5 atom stereocenters. The van der Waals surface area contributed by atoms with Gasteiger partial charge in [-0.1, -0.05) is 152 Å². The third-order valence-corrected chi connectivity index (χ3v) is 8.76. The van der Waals surface area contributed by atoms with Crippen molar-refractivity contribution >= 4 is 5.78 Å². The molecule has 5 heteroatoms. The zero-order valence-electron chi connectivity index (χ0n) is 26.6. The summed E-state index contributed by atoms with van der Waals surface area (Å²) in [5, 5.41) is 0. The second-order valence-corrected chi connectivity index (χ2v) is 12.1. The van der Waals surface area contributed by atoms with Crippen LogP contribution in [0.4, 0.5) is 0 Å². The number of ether oxygens (including phenoxy) is 4. The largest absolute Gasteiger partial charge is 0.376 e. The summed E-state index contributed by atoms with van der Waals surface area (Å²) in [6, 6.07) is 50.0. The van der Waals surface area contributed by atoms with Gasteiger partial charge in [-0.25, -0.2) is 0 Å². The van der Waals surface area contributed by atoms with E-state index >= 15 is 0 Å². The van der Waals surface area contributed by atoms with Gasteiger partial charge in [-0.2, -0.15) is 0 Å². The maximum absolute atomic E-state index is 14.4. The quantitative estimate of drug-likeness (QED) is 0.109. The van der Waals surface area contributed by atoms with E-state index in [4.69, 9.17) is 18.9 Å². The molecule has 0 heterocycles. The molecule has 5 aromatic rings. The molecule has 0 bridgehead atoms. The van der Waals surface area contributed by atoms with Crippen molar-refractivity contribution in [3.8, 4) is 0 Å². The predicted molar refractivity (Wildman–Crippen MR) is 184 cm³/mol. The van der Waals surface area contributed by atoms with E-state index in [0.29, 0.717) is 45.0 Å². The van der Waals surface area contributed by atoms with Gasteiger partial charge in [0.2, 0.25) is 0 Å². The molecule has 0 unspecified atom stereocenters. The Morgan fingerprint density at radius 1 is 0.468 bits per heavy atom. The number of rotatable bonds is 15. The molecule has 6 rings (SSSR count). The summed E-state index contributed by atoms with van der Waals surface area (Å²) in [7, 11) is 0. The second-order valence-electron chi connectivity index (χ2n) is 12.1. The van der Waals surface area contributed by atoms with Crippen molar-refractivity contribution in [3.05, 3.63) is 179 Å². The first-order valence-corrected chi connectivity index (χ1v) is 16.4. The van der Waals surface area contributed by atoms with Crippen LogP contribution in [0.3, 0.4) is 0 Å². The molecule has 0 saturated heterocycles. The summed E-state index contributed by atoms with van der Waals surface area (Å²) in [6.45, 7) is 2.03. The van der Waals surface area contributed by atoms with E-state index < -0.39 is 18.1 Å². The Kier molecular flexibility index (Phi) is 11.7. The Morgan fingerprint density at radius 3 is 1.32 bits per heavy atom. The number of hydrogen-bond acceptors (Lipinski definition) is 5. The van der Waals surface area contributed by atoms with Crippen molar-refractivity contribution in [1.82, 2.24) is 0 Å². The fourth-order valence-corrected chi connectivity index (χ4v) is 6.35. The molecule has 47 heavy (non-hydrogen) atoms. The fourth-order valence-electron chi connectivity index (χ4n) is 6.35. The van der Waals surface area contributed by atoms with E-state index in [1.54, 1.807) is 0 Å². The molecule has 5 aromatic carbocycles. The second kappa shape index (κ2) is 17.0. The number of hydrogen-bond donors (Lipinski definition) is 0. The first-order valence-electron chi connectivity index (χ1n) is 16.4. The molecule has 1 aliphatic rings. The summed E-state index contributed by atoms with van der Waals surface area (Å²) in [6.07, 6.45) is -0.903. The van der Waals surface area contributed by atoms with Crippen LogP contribution in [0.5, 0.6) is 0 Å². The van der Waals surface area contributed by atoms with Gasteiger partial charge in [0, 0.05) is 11.5 Å². The third-order valence-electron chi connectivity index (χ3n) is 8.76. The van der Waals surface area contributed by atoms with Gasteiger partial charge >= 0.3 is 0 Å². The van der Waals surface area contributed by atoms with Crippen LogP contribution in [0.1, 0.15) is 39.0 Å². The molecule has 0 aliphatic heterocycles.